The maximum atomic E-state index is 12.3. The minimum atomic E-state index is -4.62. The predicted molar refractivity (Wildman–Crippen MR) is 129 cm³/mol. The van der Waals surface area contributed by atoms with Crippen molar-refractivity contribution >= 4 is 7.28 Å². The van der Waals surface area contributed by atoms with Gasteiger partial charge in [-0.15, -0.1) is 13.2 Å². The number of hydrogen-bond acceptors (Lipinski definition) is 1. The molecule has 0 amide bonds. The van der Waals surface area contributed by atoms with E-state index in [-0.39, 0.29) is 5.75 Å². The van der Waals surface area contributed by atoms with Crippen LogP contribution >= 0.6 is 0 Å². The summed E-state index contributed by atoms with van der Waals surface area (Å²) in [6.45, 7) is 0. The fourth-order valence-corrected chi connectivity index (χ4v) is 6.10. The van der Waals surface area contributed by atoms with Crippen molar-refractivity contribution in [1.82, 2.24) is 0 Å². The first-order chi connectivity index (χ1) is 15.5. The average Bonchev–Trinajstić information content (AvgIpc) is 2.88. The molecule has 0 saturated heterocycles. The second kappa shape index (κ2) is 13.6. The van der Waals surface area contributed by atoms with E-state index < -0.39 is 6.36 Å². The summed E-state index contributed by atoms with van der Waals surface area (Å²) < 4.78 is 41.0. The number of benzene rings is 1. The summed E-state index contributed by atoms with van der Waals surface area (Å²) in [5.41, 5.74) is 1.11. The van der Waals surface area contributed by atoms with Crippen LogP contribution in [0.25, 0.3) is 0 Å². The summed E-state index contributed by atoms with van der Waals surface area (Å²) >= 11 is 0. The van der Waals surface area contributed by atoms with E-state index in [1.807, 2.05) is 0 Å². The molecule has 2 fully saturated rings. The highest BCUT2D eigenvalue weighted by Gasteiger charge is 2.31. The van der Waals surface area contributed by atoms with E-state index in [1.54, 1.807) is 12.1 Å². The molecule has 1 nitrogen and oxygen atoms in total. The van der Waals surface area contributed by atoms with Gasteiger partial charge in [-0.2, -0.15) is 0 Å². The lowest BCUT2D eigenvalue weighted by atomic mass is 9.57. The van der Waals surface area contributed by atoms with Crippen molar-refractivity contribution in [2.24, 2.45) is 11.8 Å². The average molecular weight is 450 g/mol. The maximum Gasteiger partial charge on any atom is 0.573 e. The van der Waals surface area contributed by atoms with Crippen LogP contribution in [0.1, 0.15) is 108 Å². The van der Waals surface area contributed by atoms with E-state index in [1.165, 1.54) is 115 Å². The lowest BCUT2D eigenvalue weighted by molar-refractivity contribution is -0.274. The Labute approximate surface area is 194 Å². The van der Waals surface area contributed by atoms with Crippen LogP contribution in [0, 0.1) is 11.8 Å². The molecular weight excluding hydrogens is 408 g/mol. The third-order valence-corrected chi connectivity index (χ3v) is 7.94. The Kier molecular flexibility index (Phi) is 10.8. The van der Waals surface area contributed by atoms with E-state index in [0.717, 1.165) is 36.8 Å². The smallest absolute Gasteiger partial charge is 0.406 e. The van der Waals surface area contributed by atoms with Crippen molar-refractivity contribution in [3.8, 4) is 5.75 Å². The first-order valence-electron chi connectivity index (χ1n) is 13.3. The van der Waals surface area contributed by atoms with Gasteiger partial charge in [-0.3, -0.25) is 0 Å². The van der Waals surface area contributed by atoms with Crippen molar-refractivity contribution in [2.75, 3.05) is 0 Å². The molecule has 0 aliphatic heterocycles. The summed E-state index contributed by atoms with van der Waals surface area (Å²) in [5, 5.41) is 0. The van der Waals surface area contributed by atoms with Crippen LogP contribution in [-0.4, -0.2) is 13.6 Å². The molecule has 0 bridgehead atoms. The van der Waals surface area contributed by atoms with Crippen LogP contribution in [0.15, 0.2) is 24.3 Å². The zero-order valence-electron chi connectivity index (χ0n) is 19.8. The molecular formula is C27H42BF3O. The third kappa shape index (κ3) is 9.79. The molecule has 0 aromatic heterocycles. The minimum Gasteiger partial charge on any atom is -0.406 e. The number of halogens is 3. The normalized spacial score (nSPS) is 25.2. The van der Waals surface area contributed by atoms with Crippen molar-refractivity contribution in [3.63, 3.8) is 0 Å². The zero-order chi connectivity index (χ0) is 22.7. The van der Waals surface area contributed by atoms with E-state index in [0.29, 0.717) is 0 Å². The number of rotatable bonds is 5. The first-order valence-corrected chi connectivity index (χ1v) is 13.3. The van der Waals surface area contributed by atoms with Gasteiger partial charge in [0.25, 0.3) is 0 Å². The van der Waals surface area contributed by atoms with Crippen molar-refractivity contribution < 1.29 is 17.9 Å². The van der Waals surface area contributed by atoms with Crippen molar-refractivity contribution in [1.29, 1.82) is 0 Å². The molecule has 0 heterocycles. The Hall–Kier alpha value is -1.13. The van der Waals surface area contributed by atoms with Gasteiger partial charge in [-0.1, -0.05) is 133 Å². The Bertz CT molecular complexity index is 621. The van der Waals surface area contributed by atoms with E-state index in [2.05, 4.69) is 4.74 Å². The van der Waals surface area contributed by atoms with Crippen LogP contribution in [0.2, 0.25) is 5.82 Å². The van der Waals surface area contributed by atoms with Gasteiger partial charge in [0.05, 0.1) is 0 Å². The molecule has 0 radical (unpaired) electrons. The third-order valence-electron chi connectivity index (χ3n) is 7.94. The fourth-order valence-electron chi connectivity index (χ4n) is 6.10. The zero-order valence-corrected chi connectivity index (χ0v) is 19.8. The summed E-state index contributed by atoms with van der Waals surface area (Å²) in [6, 6.07) is 6.45. The van der Waals surface area contributed by atoms with E-state index in [4.69, 9.17) is 0 Å². The molecule has 2 aliphatic carbocycles. The Morgan fingerprint density at radius 3 is 1.72 bits per heavy atom. The van der Waals surface area contributed by atoms with Crippen LogP contribution < -0.4 is 4.74 Å². The Morgan fingerprint density at radius 1 is 0.656 bits per heavy atom. The van der Waals surface area contributed by atoms with Gasteiger partial charge in [-0.25, -0.2) is 0 Å². The van der Waals surface area contributed by atoms with Crippen molar-refractivity contribution in [3.05, 3.63) is 29.8 Å². The Balaban J connectivity index is 1.43. The molecule has 1 aromatic carbocycles. The van der Waals surface area contributed by atoms with Gasteiger partial charge in [0, 0.05) is 0 Å². The van der Waals surface area contributed by atoms with Crippen LogP contribution in [-0.2, 0) is 6.32 Å². The molecule has 2 atom stereocenters. The highest BCUT2D eigenvalue weighted by molar-refractivity contribution is 6.37. The van der Waals surface area contributed by atoms with Gasteiger partial charge in [-0.05, 0) is 24.0 Å². The quantitative estimate of drug-likeness (QED) is 0.407. The molecule has 180 valence electrons. The largest absolute Gasteiger partial charge is 0.573 e. The molecule has 0 N–H and O–H groups in total. The van der Waals surface area contributed by atoms with Crippen molar-refractivity contribution in [2.45, 2.75) is 121 Å². The minimum absolute atomic E-state index is 0.129. The van der Waals surface area contributed by atoms with Gasteiger partial charge < -0.3 is 4.74 Å². The summed E-state index contributed by atoms with van der Waals surface area (Å²) in [6.07, 6.45) is 18.9. The molecule has 0 spiro atoms. The molecule has 2 unspecified atom stereocenters. The molecule has 2 saturated carbocycles. The van der Waals surface area contributed by atoms with Gasteiger partial charge in [0.2, 0.25) is 0 Å². The van der Waals surface area contributed by atoms with Crippen LogP contribution in [0.4, 0.5) is 13.2 Å². The molecule has 5 heteroatoms. The van der Waals surface area contributed by atoms with Crippen LogP contribution in [0.5, 0.6) is 5.75 Å². The lowest BCUT2D eigenvalue weighted by Gasteiger charge is -2.28. The summed E-state index contributed by atoms with van der Waals surface area (Å²) in [7, 11) is 1.15. The maximum absolute atomic E-state index is 12.3. The number of hydrogen-bond donors (Lipinski definition) is 0. The Morgan fingerprint density at radius 2 is 1.12 bits per heavy atom. The SMILES string of the molecule is FC(F)(F)Oc1ccc(CBC2CCCCC(C3CCCCCCCCC3)CCC2)cc1. The standard InChI is InChI=1S/C27H42BF3O/c29-27(30,31)32-26-19-17-22(18-20-26)21-28-25-15-9-8-13-24(14-10-16-25)23-11-6-4-2-1-3-5-7-12-23/h17-20,23-25,28H,1-16,21H2. The van der Waals surface area contributed by atoms with Gasteiger partial charge in [0.15, 0.2) is 0 Å². The second-order valence-corrected chi connectivity index (χ2v) is 10.4. The lowest BCUT2D eigenvalue weighted by Crippen LogP contribution is -2.17. The number of ether oxygens (including phenoxy) is 1. The van der Waals surface area contributed by atoms with Crippen LogP contribution in [0.3, 0.4) is 0 Å². The molecule has 2 aliphatic rings. The summed E-state index contributed by atoms with van der Waals surface area (Å²) in [5.74, 6) is 2.52. The van der Waals surface area contributed by atoms with E-state index in [9.17, 15) is 13.2 Å². The summed E-state index contributed by atoms with van der Waals surface area (Å²) in [4.78, 5) is 0. The highest BCUT2D eigenvalue weighted by Crippen LogP contribution is 2.37. The van der Waals surface area contributed by atoms with Gasteiger partial charge >= 0.3 is 6.36 Å². The fraction of sp³-hybridized carbons (Fsp3) is 0.778. The second-order valence-electron chi connectivity index (χ2n) is 10.4. The monoisotopic (exact) mass is 450 g/mol. The first kappa shape index (κ1) is 25.5. The van der Waals surface area contributed by atoms with E-state index >= 15 is 0 Å². The van der Waals surface area contributed by atoms with Gasteiger partial charge in [0.1, 0.15) is 13.0 Å². The molecule has 1 aromatic rings. The predicted octanol–water partition coefficient (Wildman–Crippen LogP) is 8.81. The molecule has 3 rings (SSSR count). The number of alkyl halides is 3. The highest BCUT2D eigenvalue weighted by atomic mass is 19.4. The molecule has 32 heavy (non-hydrogen) atoms. The topological polar surface area (TPSA) is 9.23 Å².